The summed E-state index contributed by atoms with van der Waals surface area (Å²) in [4.78, 5) is 22.5. The molecule has 2 unspecified atom stereocenters. The number of rotatable bonds is 6. The molecule has 1 rings (SSSR count). The van der Waals surface area contributed by atoms with Gasteiger partial charge in [0.25, 0.3) is 0 Å². The van der Waals surface area contributed by atoms with Crippen molar-refractivity contribution in [1.29, 1.82) is 0 Å². The van der Waals surface area contributed by atoms with Gasteiger partial charge in [-0.25, -0.2) is 13.2 Å². The lowest BCUT2D eigenvalue weighted by Gasteiger charge is -2.16. The first-order valence-electron chi connectivity index (χ1n) is 5.44. The summed E-state index contributed by atoms with van der Waals surface area (Å²) in [7, 11) is -3.49. The van der Waals surface area contributed by atoms with Crippen LogP contribution in [0.25, 0.3) is 0 Å². The summed E-state index contributed by atoms with van der Waals surface area (Å²) in [6.07, 6.45) is 3.27. The summed E-state index contributed by atoms with van der Waals surface area (Å²) in [5.74, 6) is -1.53. The first kappa shape index (κ1) is 14.0. The fourth-order valence-corrected chi connectivity index (χ4v) is 1.85. The van der Waals surface area contributed by atoms with Gasteiger partial charge in [-0.05, 0) is 19.3 Å². The van der Waals surface area contributed by atoms with Crippen LogP contribution in [0.2, 0.25) is 0 Å². The van der Waals surface area contributed by atoms with Gasteiger partial charge < -0.3 is 10.4 Å². The Bertz CT molecular complexity index is 412. The molecule has 1 amide bonds. The van der Waals surface area contributed by atoms with Crippen LogP contribution in [-0.4, -0.2) is 42.9 Å². The maximum absolute atomic E-state index is 11.6. The molecule has 98 valence electrons. The van der Waals surface area contributed by atoms with Crippen LogP contribution < -0.4 is 5.32 Å². The van der Waals surface area contributed by atoms with Crippen LogP contribution in [0, 0.1) is 5.92 Å². The summed E-state index contributed by atoms with van der Waals surface area (Å²) < 4.78 is 22.3. The van der Waals surface area contributed by atoms with Gasteiger partial charge in [0.15, 0.2) is 9.84 Å². The van der Waals surface area contributed by atoms with Crippen LogP contribution >= 0.6 is 0 Å². The molecule has 0 aromatic heterocycles. The largest absolute Gasteiger partial charge is 0.480 e. The van der Waals surface area contributed by atoms with E-state index in [2.05, 4.69) is 5.32 Å². The van der Waals surface area contributed by atoms with Crippen molar-refractivity contribution in [2.75, 3.05) is 6.26 Å². The van der Waals surface area contributed by atoms with E-state index in [0.29, 0.717) is 12.3 Å². The number of hydrogen-bond donors (Lipinski definition) is 2. The highest BCUT2D eigenvalue weighted by atomic mass is 32.2. The number of carbonyl (C=O) groups excluding carboxylic acids is 1. The van der Waals surface area contributed by atoms with E-state index in [1.807, 2.05) is 0 Å². The number of aliphatic carboxylic acids is 1. The molecule has 7 heteroatoms. The van der Waals surface area contributed by atoms with Crippen molar-refractivity contribution in [3.05, 3.63) is 0 Å². The summed E-state index contributed by atoms with van der Waals surface area (Å²) in [6, 6.07) is -0.987. The molecule has 0 heterocycles. The van der Waals surface area contributed by atoms with E-state index in [9.17, 15) is 18.0 Å². The van der Waals surface area contributed by atoms with Crippen LogP contribution in [-0.2, 0) is 19.4 Å². The number of sulfone groups is 1. The molecule has 1 fully saturated rings. The molecule has 1 saturated carbocycles. The summed E-state index contributed by atoms with van der Waals surface area (Å²) in [5, 5.41) is 9.98. The molecule has 0 bridgehead atoms. The fraction of sp³-hybridized carbons (Fsp3) is 0.800. The van der Waals surface area contributed by atoms with E-state index in [1.54, 1.807) is 0 Å². The van der Waals surface area contributed by atoms with E-state index >= 15 is 0 Å². The summed E-state index contributed by atoms with van der Waals surface area (Å²) in [6.45, 7) is 1.25. The van der Waals surface area contributed by atoms with Gasteiger partial charge in [-0.3, -0.25) is 4.79 Å². The van der Waals surface area contributed by atoms with Crippen LogP contribution in [0.3, 0.4) is 0 Å². The fourth-order valence-electron chi connectivity index (χ4n) is 1.39. The molecule has 1 aliphatic rings. The first-order chi connectivity index (χ1) is 7.71. The van der Waals surface area contributed by atoms with E-state index in [1.165, 1.54) is 6.92 Å². The highest BCUT2D eigenvalue weighted by Crippen LogP contribution is 2.33. The molecule has 1 aliphatic carbocycles. The molecule has 0 aromatic rings. The molecule has 0 radical (unpaired) electrons. The van der Waals surface area contributed by atoms with Gasteiger partial charge in [-0.1, -0.05) is 12.8 Å². The Labute approximate surface area is 100 Å². The van der Waals surface area contributed by atoms with E-state index in [0.717, 1.165) is 19.1 Å². The molecule has 2 N–H and O–H groups in total. The number of carbonyl (C=O) groups is 2. The Balaban J connectivity index is 2.60. The number of nitrogens with one attached hydrogen (secondary N) is 1. The number of carboxylic acids is 1. The van der Waals surface area contributed by atoms with Crippen molar-refractivity contribution >= 4 is 21.7 Å². The zero-order chi connectivity index (χ0) is 13.2. The highest BCUT2D eigenvalue weighted by Gasteiger charge is 2.32. The average Bonchev–Trinajstić information content (AvgIpc) is 2.97. The van der Waals surface area contributed by atoms with Crippen molar-refractivity contribution in [1.82, 2.24) is 5.32 Å². The normalized spacial score (nSPS) is 19.4. The topological polar surface area (TPSA) is 101 Å². The lowest BCUT2D eigenvalue weighted by molar-refractivity contribution is -0.142. The molecule has 0 aromatic carbocycles. The number of carboxylic acid groups (broad SMARTS) is 1. The van der Waals surface area contributed by atoms with Crippen LogP contribution in [0.4, 0.5) is 0 Å². The standard InChI is InChI=1S/C10H17NO5S/c1-6(17(2,15)16)9(12)11-8(10(13)14)5-7-3-4-7/h6-8H,3-5H2,1-2H3,(H,11,12)(H,13,14). The van der Waals surface area contributed by atoms with Crippen molar-refractivity contribution in [2.45, 2.75) is 37.5 Å². The summed E-state index contributed by atoms with van der Waals surface area (Å²) in [5.41, 5.74) is 0. The van der Waals surface area contributed by atoms with Gasteiger partial charge in [-0.2, -0.15) is 0 Å². The molecule has 0 spiro atoms. The second-order valence-corrected chi connectivity index (χ2v) is 6.92. The van der Waals surface area contributed by atoms with Crippen molar-refractivity contribution < 1.29 is 23.1 Å². The predicted octanol–water partition coefficient (Wildman–Crippen LogP) is -0.211. The predicted molar refractivity (Wildman–Crippen MR) is 61.2 cm³/mol. The SMILES string of the molecule is CC(C(=O)NC(CC1CC1)C(=O)O)S(C)(=O)=O. The van der Waals surface area contributed by atoms with Gasteiger partial charge in [-0.15, -0.1) is 0 Å². The third kappa shape index (κ3) is 4.33. The lowest BCUT2D eigenvalue weighted by atomic mass is 10.1. The maximum atomic E-state index is 11.6. The minimum atomic E-state index is -3.49. The molecule has 0 saturated heterocycles. The third-order valence-electron chi connectivity index (χ3n) is 2.89. The second-order valence-electron chi connectivity index (χ2n) is 4.55. The lowest BCUT2D eigenvalue weighted by Crippen LogP contribution is -2.46. The Morgan fingerprint density at radius 1 is 1.41 bits per heavy atom. The Morgan fingerprint density at radius 3 is 2.29 bits per heavy atom. The van der Waals surface area contributed by atoms with E-state index < -0.39 is 33.0 Å². The average molecular weight is 263 g/mol. The van der Waals surface area contributed by atoms with Crippen molar-refractivity contribution in [2.24, 2.45) is 5.92 Å². The smallest absolute Gasteiger partial charge is 0.326 e. The number of hydrogen-bond acceptors (Lipinski definition) is 4. The van der Waals surface area contributed by atoms with Gasteiger partial charge in [0.1, 0.15) is 11.3 Å². The first-order valence-corrected chi connectivity index (χ1v) is 7.39. The van der Waals surface area contributed by atoms with E-state index in [-0.39, 0.29) is 0 Å². The van der Waals surface area contributed by atoms with Gasteiger partial charge in [0.05, 0.1) is 0 Å². The monoisotopic (exact) mass is 263 g/mol. The minimum Gasteiger partial charge on any atom is -0.480 e. The second kappa shape index (κ2) is 5.03. The van der Waals surface area contributed by atoms with Crippen LogP contribution in [0.5, 0.6) is 0 Å². The Kier molecular flexibility index (Phi) is 4.13. The zero-order valence-electron chi connectivity index (χ0n) is 9.84. The summed E-state index contributed by atoms with van der Waals surface area (Å²) >= 11 is 0. The molecule has 0 aliphatic heterocycles. The number of amides is 1. The maximum Gasteiger partial charge on any atom is 0.326 e. The zero-order valence-corrected chi connectivity index (χ0v) is 10.7. The van der Waals surface area contributed by atoms with Gasteiger partial charge >= 0.3 is 5.97 Å². The molecule has 17 heavy (non-hydrogen) atoms. The quantitative estimate of drug-likeness (QED) is 0.690. The van der Waals surface area contributed by atoms with Crippen molar-refractivity contribution in [3.8, 4) is 0 Å². The Hall–Kier alpha value is -1.11. The minimum absolute atomic E-state index is 0.338. The van der Waals surface area contributed by atoms with Crippen LogP contribution in [0.1, 0.15) is 26.2 Å². The van der Waals surface area contributed by atoms with E-state index in [4.69, 9.17) is 5.11 Å². The highest BCUT2D eigenvalue weighted by molar-refractivity contribution is 7.92. The Morgan fingerprint density at radius 2 is 1.94 bits per heavy atom. The molecule has 6 nitrogen and oxygen atoms in total. The van der Waals surface area contributed by atoms with Gasteiger partial charge in [0, 0.05) is 6.26 Å². The van der Waals surface area contributed by atoms with Gasteiger partial charge in [0.2, 0.25) is 5.91 Å². The third-order valence-corrected chi connectivity index (χ3v) is 4.39. The molecular formula is C10H17NO5S. The molecule has 2 atom stereocenters. The van der Waals surface area contributed by atoms with Crippen LogP contribution in [0.15, 0.2) is 0 Å². The molecular weight excluding hydrogens is 246 g/mol. The van der Waals surface area contributed by atoms with Crippen molar-refractivity contribution in [3.63, 3.8) is 0 Å².